The smallest absolute Gasteiger partial charge is 0.240 e. The van der Waals surface area contributed by atoms with Crippen molar-refractivity contribution in [2.45, 2.75) is 19.8 Å². The van der Waals surface area contributed by atoms with Crippen LogP contribution >= 0.6 is 0 Å². The molecule has 1 saturated heterocycles. The summed E-state index contributed by atoms with van der Waals surface area (Å²) in [4.78, 5) is 46.5. The van der Waals surface area contributed by atoms with E-state index < -0.39 is 5.91 Å². The third kappa shape index (κ3) is 4.51. The summed E-state index contributed by atoms with van der Waals surface area (Å²) < 4.78 is 0. The highest BCUT2D eigenvalue weighted by Gasteiger charge is 2.30. The van der Waals surface area contributed by atoms with Gasteiger partial charge in [0, 0.05) is 24.0 Å². The Morgan fingerprint density at radius 1 is 1.13 bits per heavy atom. The number of imide groups is 1. The minimum atomic E-state index is -0.421. The molecule has 6 heteroatoms. The van der Waals surface area contributed by atoms with E-state index in [0.717, 1.165) is 10.5 Å². The van der Waals surface area contributed by atoms with Crippen LogP contribution in [0.5, 0.6) is 0 Å². The average Bonchev–Trinajstić information content (AvgIpc) is 2.84. The Bertz CT molecular complexity index is 694. The molecular weight excluding hydrogens is 296 g/mol. The first kappa shape index (κ1) is 16.4. The van der Waals surface area contributed by atoms with Crippen LogP contribution in [0.1, 0.15) is 35.7 Å². The lowest BCUT2D eigenvalue weighted by Gasteiger charge is -2.12. The van der Waals surface area contributed by atoms with Crippen LogP contribution < -0.4 is 5.32 Å². The van der Waals surface area contributed by atoms with Crippen LogP contribution in [-0.2, 0) is 14.4 Å². The second-order valence-corrected chi connectivity index (χ2v) is 5.09. The number of amides is 3. The number of benzene rings is 1. The number of nitrogens with zero attached hydrogens (tertiary/aromatic N) is 1. The number of nitrogens with one attached hydrogen (secondary N) is 1. The zero-order valence-electron chi connectivity index (χ0n) is 12.7. The molecule has 0 saturated carbocycles. The van der Waals surface area contributed by atoms with Crippen molar-refractivity contribution in [2.75, 3.05) is 13.1 Å². The number of likely N-dealkylation sites (tertiary alicyclic amines) is 1. The molecule has 0 atom stereocenters. The molecule has 1 aliphatic heterocycles. The van der Waals surface area contributed by atoms with E-state index in [1.54, 1.807) is 24.3 Å². The van der Waals surface area contributed by atoms with Gasteiger partial charge in [0.05, 0.1) is 6.54 Å². The van der Waals surface area contributed by atoms with Crippen molar-refractivity contribution in [3.8, 4) is 11.8 Å². The SMILES string of the molecule is CC(=O)c1ccc(C#CCNC(=O)CN2C(=O)CCC2=O)cc1. The van der Waals surface area contributed by atoms with Gasteiger partial charge in [-0.2, -0.15) is 0 Å². The molecule has 1 aliphatic rings. The predicted octanol–water partition coefficient (Wildman–Crippen LogP) is 0.506. The number of hydrogen-bond donors (Lipinski definition) is 1. The monoisotopic (exact) mass is 312 g/mol. The first-order valence-electron chi connectivity index (χ1n) is 7.17. The zero-order valence-corrected chi connectivity index (χ0v) is 12.7. The Kier molecular flexibility index (Phi) is 5.26. The highest BCUT2D eigenvalue weighted by atomic mass is 16.2. The molecule has 0 unspecified atom stereocenters. The van der Waals surface area contributed by atoms with Gasteiger partial charge in [-0.15, -0.1) is 0 Å². The summed E-state index contributed by atoms with van der Waals surface area (Å²) in [5.41, 5.74) is 1.35. The molecule has 2 rings (SSSR count). The third-order valence-corrected chi connectivity index (χ3v) is 3.35. The minimum absolute atomic E-state index is 0.0113. The normalized spacial score (nSPS) is 13.5. The lowest BCUT2D eigenvalue weighted by atomic mass is 10.1. The van der Waals surface area contributed by atoms with Gasteiger partial charge in [0.2, 0.25) is 17.7 Å². The average molecular weight is 312 g/mol. The number of ketones is 1. The Morgan fingerprint density at radius 2 is 1.74 bits per heavy atom. The number of hydrogen-bond acceptors (Lipinski definition) is 4. The van der Waals surface area contributed by atoms with Gasteiger partial charge in [0.1, 0.15) is 6.54 Å². The molecule has 1 aromatic carbocycles. The van der Waals surface area contributed by atoms with Crippen LogP contribution in [0.25, 0.3) is 0 Å². The van der Waals surface area contributed by atoms with Crippen LogP contribution in [0.4, 0.5) is 0 Å². The van der Waals surface area contributed by atoms with E-state index >= 15 is 0 Å². The summed E-state index contributed by atoms with van der Waals surface area (Å²) >= 11 is 0. The number of carbonyl (C=O) groups excluding carboxylic acids is 4. The summed E-state index contributed by atoms with van der Waals surface area (Å²) in [6.07, 6.45) is 0.338. The van der Waals surface area contributed by atoms with Gasteiger partial charge in [0.15, 0.2) is 5.78 Å². The molecule has 23 heavy (non-hydrogen) atoms. The first-order valence-corrected chi connectivity index (χ1v) is 7.17. The van der Waals surface area contributed by atoms with Crippen molar-refractivity contribution in [3.63, 3.8) is 0 Å². The molecule has 1 heterocycles. The summed E-state index contributed by atoms with van der Waals surface area (Å²) in [7, 11) is 0. The Morgan fingerprint density at radius 3 is 2.30 bits per heavy atom. The van der Waals surface area contributed by atoms with Crippen LogP contribution in [-0.4, -0.2) is 41.5 Å². The van der Waals surface area contributed by atoms with Gasteiger partial charge in [-0.3, -0.25) is 24.1 Å². The third-order valence-electron chi connectivity index (χ3n) is 3.35. The molecule has 3 amide bonds. The van der Waals surface area contributed by atoms with Gasteiger partial charge in [0.25, 0.3) is 0 Å². The van der Waals surface area contributed by atoms with Gasteiger partial charge in [-0.25, -0.2) is 0 Å². The molecule has 6 nitrogen and oxygen atoms in total. The fraction of sp³-hybridized carbons (Fsp3) is 0.294. The fourth-order valence-electron chi connectivity index (χ4n) is 2.08. The second-order valence-electron chi connectivity index (χ2n) is 5.09. The number of Topliss-reactive ketones (excluding diaryl/α,β-unsaturated/α-hetero) is 1. The van der Waals surface area contributed by atoms with Gasteiger partial charge >= 0.3 is 0 Å². The standard InChI is InChI=1S/C17H16N2O4/c1-12(20)14-6-4-13(5-7-14)3-2-10-18-15(21)11-19-16(22)8-9-17(19)23/h4-7H,8-11H2,1H3,(H,18,21). The quantitative estimate of drug-likeness (QED) is 0.499. The highest BCUT2D eigenvalue weighted by molar-refractivity contribution is 6.04. The molecule has 0 aliphatic carbocycles. The summed E-state index contributed by atoms with van der Waals surface area (Å²) in [6, 6.07) is 6.84. The van der Waals surface area contributed by atoms with E-state index in [4.69, 9.17) is 0 Å². The Balaban J connectivity index is 1.81. The van der Waals surface area contributed by atoms with Crippen LogP contribution in [0.2, 0.25) is 0 Å². The van der Waals surface area contributed by atoms with Gasteiger partial charge in [-0.1, -0.05) is 24.0 Å². The molecule has 0 bridgehead atoms. The van der Waals surface area contributed by atoms with Crippen molar-refractivity contribution < 1.29 is 19.2 Å². The van der Waals surface area contributed by atoms with Crippen LogP contribution in [0.3, 0.4) is 0 Å². The van der Waals surface area contributed by atoms with E-state index in [2.05, 4.69) is 17.2 Å². The molecule has 0 aromatic heterocycles. The van der Waals surface area contributed by atoms with Crippen LogP contribution in [0.15, 0.2) is 24.3 Å². The highest BCUT2D eigenvalue weighted by Crippen LogP contribution is 2.10. The maximum Gasteiger partial charge on any atom is 0.240 e. The maximum atomic E-state index is 11.7. The summed E-state index contributed by atoms with van der Waals surface area (Å²) in [5, 5.41) is 2.54. The molecule has 118 valence electrons. The summed E-state index contributed by atoms with van der Waals surface area (Å²) in [6.45, 7) is 1.35. The molecule has 1 aromatic rings. The number of rotatable bonds is 4. The van der Waals surface area contributed by atoms with Gasteiger partial charge < -0.3 is 5.32 Å². The van der Waals surface area contributed by atoms with Crippen molar-refractivity contribution in [3.05, 3.63) is 35.4 Å². The fourth-order valence-corrected chi connectivity index (χ4v) is 2.08. The van der Waals surface area contributed by atoms with Crippen molar-refractivity contribution in [1.29, 1.82) is 0 Å². The van der Waals surface area contributed by atoms with E-state index in [0.29, 0.717) is 5.56 Å². The Hall–Kier alpha value is -2.94. The van der Waals surface area contributed by atoms with Gasteiger partial charge in [-0.05, 0) is 19.1 Å². The Labute approximate surface area is 133 Å². The molecule has 1 fully saturated rings. The molecule has 1 N–H and O–H groups in total. The molecule has 0 spiro atoms. The van der Waals surface area contributed by atoms with Crippen molar-refractivity contribution in [2.24, 2.45) is 0 Å². The summed E-state index contributed by atoms with van der Waals surface area (Å²) in [5.74, 6) is 4.56. The topological polar surface area (TPSA) is 83.6 Å². The lowest BCUT2D eigenvalue weighted by molar-refractivity contribution is -0.142. The maximum absolute atomic E-state index is 11.7. The zero-order chi connectivity index (χ0) is 16.8. The first-order chi connectivity index (χ1) is 11.0. The van der Waals surface area contributed by atoms with Crippen LogP contribution in [0, 0.1) is 11.8 Å². The minimum Gasteiger partial charge on any atom is -0.344 e. The van der Waals surface area contributed by atoms with E-state index in [-0.39, 0.29) is 43.5 Å². The predicted molar refractivity (Wildman–Crippen MR) is 82.3 cm³/mol. The van der Waals surface area contributed by atoms with E-state index in [9.17, 15) is 19.2 Å². The number of carbonyl (C=O) groups is 4. The van der Waals surface area contributed by atoms with Crippen molar-refractivity contribution >= 4 is 23.5 Å². The lowest BCUT2D eigenvalue weighted by Crippen LogP contribution is -2.40. The largest absolute Gasteiger partial charge is 0.344 e. The second kappa shape index (κ2) is 7.36. The molecule has 0 radical (unpaired) electrons. The van der Waals surface area contributed by atoms with E-state index in [1.165, 1.54) is 6.92 Å². The van der Waals surface area contributed by atoms with E-state index in [1.807, 2.05) is 0 Å². The van der Waals surface area contributed by atoms with Crippen molar-refractivity contribution in [1.82, 2.24) is 10.2 Å². The molecular formula is C17H16N2O4.